The van der Waals surface area contributed by atoms with Crippen LogP contribution in [0.1, 0.15) is 5.56 Å². The first kappa shape index (κ1) is 18.5. The molecular weight excluding hydrogens is 346 g/mol. The Labute approximate surface area is 150 Å². The zero-order chi connectivity index (χ0) is 18.4. The number of anilines is 1. The van der Waals surface area contributed by atoms with Crippen LogP contribution in [-0.2, 0) is 0 Å². The van der Waals surface area contributed by atoms with E-state index in [4.69, 9.17) is 16.3 Å². The smallest absolute Gasteiger partial charge is 0.321 e. The first-order valence-corrected chi connectivity index (χ1v) is 7.90. The van der Waals surface area contributed by atoms with Gasteiger partial charge < -0.3 is 15.0 Å². The molecule has 0 unspecified atom stereocenters. The van der Waals surface area contributed by atoms with Gasteiger partial charge >= 0.3 is 6.03 Å². The molecule has 0 spiro atoms. The van der Waals surface area contributed by atoms with Crippen LogP contribution in [0.25, 0.3) is 0 Å². The lowest BCUT2D eigenvalue weighted by atomic mass is 10.2. The zero-order valence-corrected chi connectivity index (χ0v) is 14.6. The predicted octanol–water partition coefficient (Wildman–Crippen LogP) is 4.10. The van der Waals surface area contributed by atoms with Gasteiger partial charge in [0.15, 0.2) is 0 Å². The molecule has 25 heavy (non-hydrogen) atoms. The van der Waals surface area contributed by atoms with Crippen molar-refractivity contribution in [2.45, 2.75) is 6.92 Å². The quantitative estimate of drug-likeness (QED) is 0.618. The summed E-state index contributed by atoms with van der Waals surface area (Å²) in [6.45, 7) is 2.67. The molecule has 0 saturated carbocycles. The summed E-state index contributed by atoms with van der Waals surface area (Å²) in [5, 5.41) is 13.5. The maximum absolute atomic E-state index is 12.1. The van der Waals surface area contributed by atoms with Crippen molar-refractivity contribution in [2.75, 3.05) is 25.5 Å². The molecule has 2 aromatic carbocycles. The Balaban J connectivity index is 1.86. The van der Waals surface area contributed by atoms with Crippen LogP contribution in [0.15, 0.2) is 42.5 Å². The summed E-state index contributed by atoms with van der Waals surface area (Å²) in [4.78, 5) is 23.8. The molecule has 132 valence electrons. The van der Waals surface area contributed by atoms with Crippen molar-refractivity contribution in [3.8, 4) is 5.75 Å². The van der Waals surface area contributed by atoms with Crippen LogP contribution < -0.4 is 10.1 Å². The van der Waals surface area contributed by atoms with E-state index < -0.39 is 11.0 Å². The van der Waals surface area contributed by atoms with E-state index in [0.29, 0.717) is 18.8 Å². The number of hydrogen-bond acceptors (Lipinski definition) is 4. The number of urea groups is 1. The van der Waals surface area contributed by atoms with Gasteiger partial charge in [-0.3, -0.25) is 10.1 Å². The number of nitro benzene ring substituents is 1. The van der Waals surface area contributed by atoms with Crippen molar-refractivity contribution >= 4 is 29.0 Å². The molecule has 0 saturated heterocycles. The average Bonchev–Trinajstić information content (AvgIpc) is 2.58. The molecule has 7 nitrogen and oxygen atoms in total. The lowest BCUT2D eigenvalue weighted by Gasteiger charge is -2.18. The molecule has 0 atom stereocenters. The number of benzene rings is 2. The van der Waals surface area contributed by atoms with Crippen LogP contribution in [0.4, 0.5) is 16.2 Å². The number of nitro groups is 1. The molecule has 0 aliphatic heterocycles. The summed E-state index contributed by atoms with van der Waals surface area (Å²) in [5.41, 5.74) is 1.18. The number of carbonyl (C=O) groups excluding carboxylic acids is 1. The Morgan fingerprint density at radius 1 is 1.28 bits per heavy atom. The molecule has 0 aliphatic rings. The molecule has 0 heterocycles. The van der Waals surface area contributed by atoms with Crippen molar-refractivity contribution in [1.29, 1.82) is 0 Å². The first-order chi connectivity index (χ1) is 11.9. The van der Waals surface area contributed by atoms with Gasteiger partial charge in [-0.05, 0) is 31.2 Å². The number of hydrogen-bond donors (Lipinski definition) is 1. The van der Waals surface area contributed by atoms with E-state index in [1.54, 1.807) is 7.05 Å². The van der Waals surface area contributed by atoms with Crippen LogP contribution >= 0.6 is 11.6 Å². The number of ether oxygens (including phenoxy) is 1. The van der Waals surface area contributed by atoms with Crippen molar-refractivity contribution in [3.63, 3.8) is 0 Å². The van der Waals surface area contributed by atoms with Crippen molar-refractivity contribution in [1.82, 2.24) is 4.90 Å². The second-order valence-corrected chi connectivity index (χ2v) is 5.84. The van der Waals surface area contributed by atoms with E-state index in [-0.39, 0.29) is 10.7 Å². The number of rotatable bonds is 6. The molecule has 0 fully saturated rings. The minimum absolute atomic E-state index is 0.0165. The van der Waals surface area contributed by atoms with E-state index >= 15 is 0 Å². The van der Waals surface area contributed by atoms with E-state index in [0.717, 1.165) is 11.3 Å². The monoisotopic (exact) mass is 363 g/mol. The Hall–Kier alpha value is -2.80. The van der Waals surface area contributed by atoms with Gasteiger partial charge in [0.25, 0.3) is 5.69 Å². The van der Waals surface area contributed by atoms with Gasteiger partial charge in [-0.15, -0.1) is 0 Å². The third kappa shape index (κ3) is 5.36. The lowest BCUT2D eigenvalue weighted by Crippen LogP contribution is -2.34. The molecule has 2 rings (SSSR count). The molecule has 8 heteroatoms. The number of nitrogens with zero attached hydrogens (tertiary/aromatic N) is 2. The second kappa shape index (κ2) is 8.34. The van der Waals surface area contributed by atoms with Gasteiger partial charge in [-0.1, -0.05) is 29.3 Å². The Bertz CT molecular complexity index is 765. The fraction of sp³-hybridized carbons (Fsp3) is 0.235. The van der Waals surface area contributed by atoms with E-state index in [2.05, 4.69) is 5.32 Å². The van der Waals surface area contributed by atoms with Crippen molar-refractivity contribution in [3.05, 3.63) is 63.2 Å². The maximum atomic E-state index is 12.1. The number of halogens is 1. The third-order valence-electron chi connectivity index (χ3n) is 3.46. The highest BCUT2D eigenvalue weighted by atomic mass is 35.5. The van der Waals surface area contributed by atoms with E-state index in [9.17, 15) is 14.9 Å². The molecule has 2 amide bonds. The number of likely N-dealkylation sites (N-methyl/N-ethyl adjacent to an activating group) is 1. The minimum atomic E-state index is -0.600. The largest absolute Gasteiger partial charge is 0.492 e. The lowest BCUT2D eigenvalue weighted by molar-refractivity contribution is -0.384. The highest BCUT2D eigenvalue weighted by Crippen LogP contribution is 2.27. The third-order valence-corrected chi connectivity index (χ3v) is 3.78. The molecule has 2 aromatic rings. The maximum Gasteiger partial charge on any atom is 0.321 e. The van der Waals surface area contributed by atoms with E-state index in [1.165, 1.54) is 23.1 Å². The fourth-order valence-electron chi connectivity index (χ4n) is 1.99. The van der Waals surface area contributed by atoms with Gasteiger partial charge in [0.05, 0.1) is 11.5 Å². The van der Waals surface area contributed by atoms with Crippen LogP contribution in [0.3, 0.4) is 0 Å². The topological polar surface area (TPSA) is 84.7 Å². The summed E-state index contributed by atoms with van der Waals surface area (Å²) in [5.74, 6) is 0.729. The number of nitrogens with one attached hydrogen (secondary N) is 1. The summed E-state index contributed by atoms with van der Waals surface area (Å²) >= 11 is 5.75. The minimum Gasteiger partial charge on any atom is -0.492 e. The molecule has 0 aliphatic carbocycles. The molecule has 0 radical (unpaired) electrons. The second-order valence-electron chi connectivity index (χ2n) is 5.44. The summed E-state index contributed by atoms with van der Waals surface area (Å²) in [6.07, 6.45) is 0. The van der Waals surface area contributed by atoms with Crippen LogP contribution in [0, 0.1) is 17.0 Å². The highest BCUT2D eigenvalue weighted by Gasteiger charge is 2.15. The van der Waals surface area contributed by atoms with Gasteiger partial charge in [0, 0.05) is 18.8 Å². The Morgan fingerprint density at radius 3 is 2.60 bits per heavy atom. The first-order valence-electron chi connectivity index (χ1n) is 7.52. The average molecular weight is 364 g/mol. The van der Waals surface area contributed by atoms with Crippen LogP contribution in [-0.4, -0.2) is 36.1 Å². The van der Waals surface area contributed by atoms with Gasteiger partial charge in [-0.25, -0.2) is 4.79 Å². The molecule has 0 aromatic heterocycles. The van der Waals surface area contributed by atoms with Gasteiger partial charge in [0.2, 0.25) is 0 Å². The molecule has 1 N–H and O–H groups in total. The van der Waals surface area contributed by atoms with Crippen molar-refractivity contribution in [2.24, 2.45) is 0 Å². The molecular formula is C17H18ClN3O4. The zero-order valence-electron chi connectivity index (χ0n) is 13.9. The van der Waals surface area contributed by atoms with Gasteiger partial charge in [-0.2, -0.15) is 0 Å². The number of aryl methyl sites for hydroxylation is 1. The fourth-order valence-corrected chi connectivity index (χ4v) is 2.17. The Kier molecular flexibility index (Phi) is 6.19. The van der Waals surface area contributed by atoms with Crippen LogP contribution in [0.2, 0.25) is 5.02 Å². The summed E-state index contributed by atoms with van der Waals surface area (Å²) in [7, 11) is 1.61. The highest BCUT2D eigenvalue weighted by molar-refractivity contribution is 6.32. The SMILES string of the molecule is Cc1ccc(OCCN(C)C(=O)Nc2ccc(Cl)c([N+](=O)[O-])c2)cc1. The summed E-state index contributed by atoms with van der Waals surface area (Å²) < 4.78 is 5.57. The number of amides is 2. The van der Waals surface area contributed by atoms with Crippen LogP contribution in [0.5, 0.6) is 5.75 Å². The molecule has 0 bridgehead atoms. The normalized spacial score (nSPS) is 10.2. The predicted molar refractivity (Wildman–Crippen MR) is 96.4 cm³/mol. The number of carbonyl (C=O) groups is 1. The summed E-state index contributed by atoms with van der Waals surface area (Å²) in [6, 6.07) is 11.3. The van der Waals surface area contributed by atoms with Crippen molar-refractivity contribution < 1.29 is 14.5 Å². The van der Waals surface area contributed by atoms with Gasteiger partial charge in [0.1, 0.15) is 17.4 Å². The Morgan fingerprint density at radius 2 is 1.96 bits per heavy atom. The standard InChI is InChI=1S/C17H18ClN3O4/c1-12-3-6-14(7-4-12)25-10-9-20(2)17(22)19-13-5-8-15(18)16(11-13)21(23)24/h3-8,11H,9-10H2,1-2H3,(H,19,22). The van der Waals surface area contributed by atoms with E-state index in [1.807, 2.05) is 31.2 Å².